The maximum Gasteiger partial charge on any atom is 0.225 e. The van der Waals surface area contributed by atoms with Crippen LogP contribution >= 0.6 is 0 Å². The van der Waals surface area contributed by atoms with E-state index in [1.54, 1.807) is 14.2 Å². The lowest BCUT2D eigenvalue weighted by atomic mass is 9.67. The second-order valence-electron chi connectivity index (χ2n) is 12.0. The van der Waals surface area contributed by atoms with E-state index in [9.17, 15) is 4.79 Å². The lowest BCUT2D eigenvalue weighted by Gasteiger charge is -2.38. The fourth-order valence-corrected chi connectivity index (χ4v) is 6.94. The molecule has 1 heterocycles. The van der Waals surface area contributed by atoms with Crippen molar-refractivity contribution in [2.45, 2.75) is 96.9 Å². The predicted octanol–water partition coefficient (Wildman–Crippen LogP) is 8.43. The van der Waals surface area contributed by atoms with Crippen LogP contribution in [0, 0.1) is 17.8 Å². The Morgan fingerprint density at radius 1 is 1.03 bits per heavy atom. The van der Waals surface area contributed by atoms with Crippen molar-refractivity contribution in [2.75, 3.05) is 27.4 Å². The molecule has 4 heteroatoms. The van der Waals surface area contributed by atoms with E-state index >= 15 is 0 Å². The number of hydrogen-bond donors (Lipinski definition) is 0. The summed E-state index contributed by atoms with van der Waals surface area (Å²) < 4.78 is 10.7. The second kappa shape index (κ2) is 16.1. The Morgan fingerprint density at radius 3 is 2.41 bits per heavy atom. The van der Waals surface area contributed by atoms with E-state index in [2.05, 4.69) is 68.1 Å². The minimum atomic E-state index is 0.0170. The molecule has 0 aromatic heterocycles. The highest BCUT2D eigenvalue weighted by atomic mass is 16.5. The van der Waals surface area contributed by atoms with Crippen molar-refractivity contribution in [3.05, 3.63) is 65.7 Å². The summed E-state index contributed by atoms with van der Waals surface area (Å²) in [5.74, 6) is 2.24. The predicted molar refractivity (Wildman–Crippen MR) is 162 cm³/mol. The Morgan fingerprint density at radius 2 is 1.74 bits per heavy atom. The average Bonchev–Trinajstić information content (AvgIpc) is 2.97. The maximum absolute atomic E-state index is 14.0. The smallest absolute Gasteiger partial charge is 0.225 e. The van der Waals surface area contributed by atoms with E-state index in [1.807, 2.05) is 12.1 Å². The summed E-state index contributed by atoms with van der Waals surface area (Å²) >= 11 is 0. The highest BCUT2D eigenvalue weighted by molar-refractivity contribution is 5.78. The van der Waals surface area contributed by atoms with E-state index in [0.717, 1.165) is 56.6 Å². The van der Waals surface area contributed by atoms with Gasteiger partial charge >= 0.3 is 0 Å². The monoisotopic (exact) mass is 535 g/mol. The van der Waals surface area contributed by atoms with Crippen LogP contribution in [-0.2, 0) is 21.5 Å². The summed E-state index contributed by atoms with van der Waals surface area (Å²) in [6.07, 6.45) is 11.4. The van der Waals surface area contributed by atoms with Crippen LogP contribution in [0.1, 0.15) is 96.1 Å². The number of ether oxygens (including phenoxy) is 2. The van der Waals surface area contributed by atoms with Crippen LogP contribution in [0.3, 0.4) is 0 Å². The normalized spacial score (nSPS) is 23.7. The molecule has 0 N–H and O–H groups in total. The molecule has 4 atom stereocenters. The van der Waals surface area contributed by atoms with Gasteiger partial charge in [-0.05, 0) is 85.5 Å². The summed E-state index contributed by atoms with van der Waals surface area (Å²) in [4.78, 5) is 16.2. The quantitative estimate of drug-likeness (QED) is 0.256. The van der Waals surface area contributed by atoms with Gasteiger partial charge in [-0.2, -0.15) is 0 Å². The molecule has 0 aliphatic carbocycles. The van der Waals surface area contributed by atoms with Gasteiger partial charge in [0.25, 0.3) is 0 Å². The van der Waals surface area contributed by atoms with Crippen LogP contribution in [0.2, 0.25) is 0 Å². The molecular formula is C35H53NO3. The molecule has 1 aliphatic heterocycles. The summed E-state index contributed by atoms with van der Waals surface area (Å²) in [6.45, 7) is 9.13. The molecule has 1 aliphatic rings. The Bertz CT molecular complexity index is 960. The molecule has 2 aromatic carbocycles. The van der Waals surface area contributed by atoms with Crippen molar-refractivity contribution in [1.29, 1.82) is 0 Å². The Labute approximate surface area is 238 Å². The van der Waals surface area contributed by atoms with Gasteiger partial charge in [-0.15, -0.1) is 0 Å². The number of nitrogens with zero attached hydrogens (tertiary/aromatic N) is 1. The summed E-state index contributed by atoms with van der Waals surface area (Å²) in [5.41, 5.74) is 2.81. The zero-order chi connectivity index (χ0) is 28.1. The fraction of sp³-hybridized carbons (Fsp3) is 0.629. The van der Waals surface area contributed by atoms with Gasteiger partial charge in [0.2, 0.25) is 5.91 Å². The van der Waals surface area contributed by atoms with Crippen molar-refractivity contribution in [2.24, 2.45) is 17.8 Å². The van der Waals surface area contributed by atoms with Crippen molar-refractivity contribution < 1.29 is 14.3 Å². The molecule has 39 heavy (non-hydrogen) atoms. The third kappa shape index (κ3) is 9.10. The lowest BCUT2D eigenvalue weighted by Crippen LogP contribution is -2.38. The number of carbonyl (C=O) groups excluding carboxylic acids is 1. The highest BCUT2D eigenvalue weighted by Gasteiger charge is 2.36. The third-order valence-electron chi connectivity index (χ3n) is 9.08. The first-order valence-electron chi connectivity index (χ1n) is 15.4. The molecule has 1 fully saturated rings. The molecule has 4 nitrogen and oxygen atoms in total. The van der Waals surface area contributed by atoms with Crippen LogP contribution in [0.25, 0.3) is 0 Å². The molecule has 0 bridgehead atoms. The number of hydrogen-bond acceptors (Lipinski definition) is 3. The first-order valence-corrected chi connectivity index (χ1v) is 15.4. The van der Waals surface area contributed by atoms with Crippen molar-refractivity contribution in [3.8, 4) is 5.75 Å². The van der Waals surface area contributed by atoms with E-state index < -0.39 is 0 Å². The standard InChI is InChI=1S/C35H53NO3/c1-6-13-28(2)26-35(32-16-8-7-9-17-32)22-10-14-31(15-11-25-38-4)29(3)34(37)36(24-12-23-35)27-30-18-20-33(39-5)21-19-30/h7-9,16-21,28-29,31H,6,10-15,22-27H2,1-5H3/t28?,29?,31?,35-/m0/s1. The van der Waals surface area contributed by atoms with Crippen LogP contribution in [0.15, 0.2) is 54.6 Å². The highest BCUT2D eigenvalue weighted by Crippen LogP contribution is 2.43. The summed E-state index contributed by atoms with van der Waals surface area (Å²) in [7, 11) is 3.46. The number of rotatable bonds is 12. The van der Waals surface area contributed by atoms with Gasteiger partial charge in [-0.1, -0.05) is 82.5 Å². The van der Waals surface area contributed by atoms with E-state index in [4.69, 9.17) is 9.47 Å². The molecule has 3 rings (SSSR count). The minimum Gasteiger partial charge on any atom is -0.497 e. The lowest BCUT2D eigenvalue weighted by molar-refractivity contribution is -0.137. The molecule has 0 radical (unpaired) electrons. The van der Waals surface area contributed by atoms with Crippen LogP contribution < -0.4 is 4.74 Å². The topological polar surface area (TPSA) is 38.8 Å². The zero-order valence-electron chi connectivity index (χ0n) is 25.3. The molecule has 0 spiro atoms. The number of carbonyl (C=O) groups is 1. The molecular weight excluding hydrogens is 482 g/mol. The SMILES string of the molecule is CCCC(C)C[C@]1(c2ccccc2)CCCC(CCCOC)C(C)C(=O)N(Cc2ccc(OC)cc2)CCC1. The second-order valence-corrected chi connectivity index (χ2v) is 12.0. The minimum absolute atomic E-state index is 0.0170. The van der Waals surface area contributed by atoms with Crippen LogP contribution in [-0.4, -0.2) is 38.2 Å². The fourth-order valence-electron chi connectivity index (χ4n) is 6.94. The van der Waals surface area contributed by atoms with Crippen molar-refractivity contribution >= 4 is 5.91 Å². The van der Waals surface area contributed by atoms with Crippen molar-refractivity contribution in [3.63, 3.8) is 0 Å². The van der Waals surface area contributed by atoms with E-state index in [0.29, 0.717) is 24.3 Å². The van der Waals surface area contributed by atoms with Crippen molar-refractivity contribution in [1.82, 2.24) is 4.90 Å². The van der Waals surface area contributed by atoms with Gasteiger partial charge in [0.05, 0.1) is 7.11 Å². The Kier molecular flexibility index (Phi) is 12.8. The average molecular weight is 536 g/mol. The van der Waals surface area contributed by atoms with Gasteiger partial charge < -0.3 is 14.4 Å². The zero-order valence-corrected chi connectivity index (χ0v) is 25.3. The van der Waals surface area contributed by atoms with Gasteiger partial charge in [-0.25, -0.2) is 0 Å². The summed E-state index contributed by atoms with van der Waals surface area (Å²) in [6, 6.07) is 19.5. The van der Waals surface area contributed by atoms with E-state index in [-0.39, 0.29) is 11.3 Å². The molecule has 1 amide bonds. The van der Waals surface area contributed by atoms with Gasteiger partial charge in [-0.3, -0.25) is 4.79 Å². The van der Waals surface area contributed by atoms with Gasteiger partial charge in [0.1, 0.15) is 5.75 Å². The van der Waals surface area contributed by atoms with Crippen LogP contribution in [0.5, 0.6) is 5.75 Å². The van der Waals surface area contributed by atoms with Gasteiger partial charge in [0.15, 0.2) is 0 Å². The first-order chi connectivity index (χ1) is 18.9. The number of benzene rings is 2. The number of methoxy groups -OCH3 is 2. The largest absolute Gasteiger partial charge is 0.497 e. The van der Waals surface area contributed by atoms with Gasteiger partial charge in [0, 0.05) is 32.7 Å². The Balaban J connectivity index is 1.92. The number of amides is 1. The Hall–Kier alpha value is -2.33. The third-order valence-corrected chi connectivity index (χ3v) is 9.08. The van der Waals surface area contributed by atoms with Crippen LogP contribution in [0.4, 0.5) is 0 Å². The maximum atomic E-state index is 14.0. The molecule has 0 saturated carbocycles. The molecule has 216 valence electrons. The van der Waals surface area contributed by atoms with E-state index in [1.165, 1.54) is 37.7 Å². The summed E-state index contributed by atoms with van der Waals surface area (Å²) in [5, 5.41) is 0. The molecule has 2 aromatic rings. The first kappa shape index (κ1) is 31.2. The molecule has 3 unspecified atom stereocenters. The molecule has 1 saturated heterocycles.